The van der Waals surface area contributed by atoms with Crippen molar-refractivity contribution < 1.29 is 10.2 Å². The fourth-order valence-corrected chi connectivity index (χ4v) is 5.36. The first-order chi connectivity index (χ1) is 17.1. The van der Waals surface area contributed by atoms with Crippen molar-refractivity contribution in [3.8, 4) is 11.5 Å². The quantitative estimate of drug-likeness (QED) is 0.203. The van der Waals surface area contributed by atoms with E-state index in [1.165, 1.54) is 49.7 Å². The van der Waals surface area contributed by atoms with Gasteiger partial charge < -0.3 is 10.2 Å². The number of rotatable bonds is 12. The van der Waals surface area contributed by atoms with Gasteiger partial charge in [-0.3, -0.25) is 0 Å². The Balaban J connectivity index is 1.74. The van der Waals surface area contributed by atoms with Crippen LogP contribution in [0.4, 0.5) is 0 Å². The summed E-state index contributed by atoms with van der Waals surface area (Å²) in [4.78, 5) is 0. The van der Waals surface area contributed by atoms with Crippen molar-refractivity contribution in [2.45, 2.75) is 84.5 Å². The van der Waals surface area contributed by atoms with Crippen molar-refractivity contribution in [1.29, 1.82) is 0 Å². The molecule has 0 atom stereocenters. The molecule has 0 aliphatic heterocycles. The van der Waals surface area contributed by atoms with Crippen LogP contribution < -0.4 is 0 Å². The molecule has 0 aromatic heterocycles. The van der Waals surface area contributed by atoms with Gasteiger partial charge in [0.1, 0.15) is 11.5 Å². The van der Waals surface area contributed by atoms with Gasteiger partial charge in [-0.2, -0.15) is 0 Å². The number of hydrogen-bond donors (Lipinski definition) is 2. The lowest BCUT2D eigenvalue weighted by Crippen LogP contribution is -1.98. The zero-order valence-corrected chi connectivity index (χ0v) is 21.4. The van der Waals surface area contributed by atoms with E-state index in [4.69, 9.17) is 0 Å². The minimum Gasteiger partial charge on any atom is -0.507 e. The number of benzene rings is 4. The smallest absolute Gasteiger partial charge is 0.126 e. The van der Waals surface area contributed by atoms with E-state index in [0.717, 1.165) is 64.8 Å². The highest BCUT2D eigenvalue weighted by Gasteiger charge is 2.15. The summed E-state index contributed by atoms with van der Waals surface area (Å²) in [7, 11) is 0. The molecule has 35 heavy (non-hydrogen) atoms. The third kappa shape index (κ3) is 5.81. The van der Waals surface area contributed by atoms with Crippen LogP contribution in [0.15, 0.2) is 60.7 Å². The highest BCUT2D eigenvalue weighted by atomic mass is 16.3. The van der Waals surface area contributed by atoms with E-state index in [2.05, 4.69) is 50.2 Å². The second-order valence-electron chi connectivity index (χ2n) is 9.98. The van der Waals surface area contributed by atoms with E-state index < -0.39 is 0 Å². The normalized spacial score (nSPS) is 11.5. The predicted molar refractivity (Wildman–Crippen MR) is 150 cm³/mol. The van der Waals surface area contributed by atoms with Crippen LogP contribution >= 0.6 is 0 Å². The van der Waals surface area contributed by atoms with Crippen molar-refractivity contribution >= 4 is 21.5 Å². The van der Waals surface area contributed by atoms with E-state index in [1.807, 2.05) is 24.3 Å². The summed E-state index contributed by atoms with van der Waals surface area (Å²) in [6, 6.07) is 20.9. The summed E-state index contributed by atoms with van der Waals surface area (Å²) >= 11 is 0. The van der Waals surface area contributed by atoms with Gasteiger partial charge in [-0.05, 0) is 65.1 Å². The van der Waals surface area contributed by atoms with Gasteiger partial charge in [0, 0.05) is 10.8 Å². The second-order valence-corrected chi connectivity index (χ2v) is 9.98. The molecule has 0 amide bonds. The van der Waals surface area contributed by atoms with Crippen molar-refractivity contribution in [3.63, 3.8) is 0 Å². The molecule has 0 heterocycles. The average molecular weight is 469 g/mol. The third-order valence-corrected chi connectivity index (χ3v) is 7.34. The van der Waals surface area contributed by atoms with E-state index in [1.54, 1.807) is 0 Å². The second kappa shape index (κ2) is 12.1. The van der Waals surface area contributed by atoms with Crippen LogP contribution in [0.2, 0.25) is 0 Å². The van der Waals surface area contributed by atoms with Gasteiger partial charge in [0.2, 0.25) is 0 Å². The van der Waals surface area contributed by atoms with Gasteiger partial charge in [0.15, 0.2) is 0 Å². The largest absolute Gasteiger partial charge is 0.507 e. The maximum atomic E-state index is 11.1. The first-order valence-electron chi connectivity index (χ1n) is 13.6. The Morgan fingerprint density at radius 3 is 1.29 bits per heavy atom. The first-order valence-corrected chi connectivity index (χ1v) is 13.6. The number of aryl methyl sites for hydroxylation is 2. The third-order valence-electron chi connectivity index (χ3n) is 7.34. The minimum atomic E-state index is 0.438. The van der Waals surface area contributed by atoms with Crippen LogP contribution in [0.1, 0.15) is 87.5 Å². The van der Waals surface area contributed by atoms with E-state index >= 15 is 0 Å². The number of phenols is 2. The van der Waals surface area contributed by atoms with E-state index in [0.29, 0.717) is 11.5 Å². The molecule has 4 rings (SSSR count). The van der Waals surface area contributed by atoms with Gasteiger partial charge >= 0.3 is 0 Å². The van der Waals surface area contributed by atoms with Crippen molar-refractivity contribution in [1.82, 2.24) is 0 Å². The fraction of sp³-hybridized carbons (Fsp3) is 0.394. The fourth-order valence-electron chi connectivity index (χ4n) is 5.36. The molecule has 0 aliphatic carbocycles. The highest BCUT2D eigenvalue weighted by molar-refractivity contribution is 5.95. The lowest BCUT2D eigenvalue weighted by atomic mass is 9.89. The molecule has 0 saturated carbocycles. The summed E-state index contributed by atoms with van der Waals surface area (Å²) in [6.45, 7) is 4.46. The summed E-state index contributed by atoms with van der Waals surface area (Å²) < 4.78 is 0. The molecule has 2 heteroatoms. The monoisotopic (exact) mass is 468 g/mol. The number of hydrogen-bond acceptors (Lipinski definition) is 2. The summed E-state index contributed by atoms with van der Waals surface area (Å²) in [5, 5.41) is 26.2. The zero-order valence-electron chi connectivity index (χ0n) is 21.4. The number of unbranched alkanes of at least 4 members (excludes halogenated alkanes) is 6. The molecule has 0 spiro atoms. The Morgan fingerprint density at radius 2 is 0.886 bits per heavy atom. The summed E-state index contributed by atoms with van der Waals surface area (Å²) in [5.41, 5.74) is 4.60. The van der Waals surface area contributed by atoms with Crippen LogP contribution in [-0.2, 0) is 19.3 Å². The Morgan fingerprint density at radius 1 is 0.486 bits per heavy atom. The summed E-state index contributed by atoms with van der Waals surface area (Å²) in [5.74, 6) is 0.876. The average Bonchev–Trinajstić information content (AvgIpc) is 2.89. The van der Waals surface area contributed by atoms with Crippen molar-refractivity contribution in [3.05, 3.63) is 82.9 Å². The van der Waals surface area contributed by atoms with Gasteiger partial charge in [0.05, 0.1) is 0 Å². The first kappa shape index (κ1) is 25.1. The van der Waals surface area contributed by atoms with Crippen molar-refractivity contribution in [2.24, 2.45) is 0 Å². The Kier molecular flexibility index (Phi) is 8.69. The van der Waals surface area contributed by atoms with E-state index in [-0.39, 0.29) is 0 Å². The Hall–Kier alpha value is -3.00. The van der Waals surface area contributed by atoms with Crippen LogP contribution in [0.25, 0.3) is 21.5 Å². The molecule has 0 aliphatic rings. The van der Waals surface area contributed by atoms with Gasteiger partial charge in [-0.25, -0.2) is 0 Å². The molecule has 0 bridgehead atoms. The zero-order chi connectivity index (χ0) is 24.6. The highest BCUT2D eigenvalue weighted by Crippen LogP contribution is 2.37. The molecule has 0 saturated heterocycles. The Bertz CT molecular complexity index is 1170. The standard InChI is InChI=1S/C33H40O2/c1-3-5-7-9-15-24-21-26(28-17-11-13-19-30(28)32(24)34)23-27-22-25(16-10-8-6-4-2)33(35)31-20-14-12-18-29(27)31/h11-14,17-22,34-35H,3-10,15-16,23H2,1-2H3. The maximum Gasteiger partial charge on any atom is 0.126 e. The number of fused-ring (bicyclic) bond motifs is 2. The maximum absolute atomic E-state index is 11.1. The van der Waals surface area contributed by atoms with Crippen LogP contribution in [0, 0.1) is 0 Å². The van der Waals surface area contributed by atoms with Crippen molar-refractivity contribution in [2.75, 3.05) is 0 Å². The molecule has 184 valence electrons. The molecule has 0 radical (unpaired) electrons. The van der Waals surface area contributed by atoms with E-state index in [9.17, 15) is 10.2 Å². The molecule has 4 aromatic rings. The Labute approximate surface area is 210 Å². The lowest BCUT2D eigenvalue weighted by Gasteiger charge is -2.17. The molecule has 4 aromatic carbocycles. The molecule has 0 unspecified atom stereocenters. The minimum absolute atomic E-state index is 0.438. The van der Waals surface area contributed by atoms with Gasteiger partial charge in [-0.15, -0.1) is 0 Å². The molecular formula is C33H40O2. The molecule has 2 nitrogen and oxygen atoms in total. The number of aromatic hydroxyl groups is 2. The predicted octanol–water partition coefficient (Wildman–Crippen LogP) is 9.24. The van der Waals surface area contributed by atoms with Gasteiger partial charge in [-0.1, -0.05) is 113 Å². The molecule has 0 fully saturated rings. The summed E-state index contributed by atoms with van der Waals surface area (Å²) in [6.07, 6.45) is 12.1. The lowest BCUT2D eigenvalue weighted by molar-refractivity contribution is 0.472. The van der Waals surface area contributed by atoms with Gasteiger partial charge in [0.25, 0.3) is 0 Å². The topological polar surface area (TPSA) is 40.5 Å². The van der Waals surface area contributed by atoms with Crippen LogP contribution in [0.3, 0.4) is 0 Å². The number of phenolic OH excluding ortho intramolecular Hbond substituents is 2. The van der Waals surface area contributed by atoms with Crippen LogP contribution in [0.5, 0.6) is 11.5 Å². The SMILES string of the molecule is CCCCCCc1cc(Cc2cc(CCCCCC)c(O)c3ccccc23)c2ccccc2c1O. The molecular weight excluding hydrogens is 428 g/mol. The molecule has 2 N–H and O–H groups in total. The van der Waals surface area contributed by atoms with Crippen LogP contribution in [-0.4, -0.2) is 10.2 Å².